The maximum Gasteiger partial charge on any atom is 0.269 e. The molecule has 0 unspecified atom stereocenters. The van der Waals surface area contributed by atoms with Crippen LogP contribution in [0.4, 0.5) is 0 Å². The highest BCUT2D eigenvalue weighted by molar-refractivity contribution is 5.77. The first-order valence-corrected chi connectivity index (χ1v) is 3.25. The van der Waals surface area contributed by atoms with Crippen molar-refractivity contribution in [1.29, 1.82) is 0 Å². The van der Waals surface area contributed by atoms with Gasteiger partial charge in [-0.3, -0.25) is 14.9 Å². The molecule has 0 aromatic carbocycles. The number of aldehydes is 1. The minimum Gasteiger partial charge on any atom is -0.298 e. The van der Waals surface area contributed by atoms with Gasteiger partial charge in [0, 0.05) is 17.7 Å². The Morgan fingerprint density at radius 1 is 1.58 bits per heavy atom. The van der Waals surface area contributed by atoms with E-state index in [1.165, 1.54) is 12.2 Å². The molecule has 0 heterocycles. The van der Waals surface area contributed by atoms with Gasteiger partial charge in [0.25, 0.3) is 5.70 Å². The average Bonchev–Trinajstić information content (AvgIpc) is 2.06. The maximum absolute atomic E-state index is 10.2. The molecule has 0 saturated heterocycles. The standard InChI is InChI=1S/C8H9NO3/c1-3-7(6-10)5-8(4-2)9(11)12/h3-6H,2H2,1H3/b7-3+,8-5+. The molecule has 12 heavy (non-hydrogen) atoms. The Morgan fingerprint density at radius 3 is 2.42 bits per heavy atom. The van der Waals surface area contributed by atoms with E-state index >= 15 is 0 Å². The fourth-order valence-electron chi connectivity index (χ4n) is 0.542. The molecule has 64 valence electrons. The molecule has 0 aliphatic heterocycles. The van der Waals surface area contributed by atoms with Gasteiger partial charge < -0.3 is 0 Å². The molecule has 4 nitrogen and oxygen atoms in total. The Bertz CT molecular complexity index is 263. The summed E-state index contributed by atoms with van der Waals surface area (Å²) < 4.78 is 0. The lowest BCUT2D eigenvalue weighted by Gasteiger charge is -1.89. The highest BCUT2D eigenvalue weighted by Crippen LogP contribution is 2.02. The highest BCUT2D eigenvalue weighted by atomic mass is 16.6. The van der Waals surface area contributed by atoms with Crippen molar-refractivity contribution in [2.75, 3.05) is 0 Å². The van der Waals surface area contributed by atoms with E-state index < -0.39 is 4.92 Å². The molecule has 0 aliphatic carbocycles. The van der Waals surface area contributed by atoms with Crippen LogP contribution in [0.1, 0.15) is 6.92 Å². The van der Waals surface area contributed by atoms with Crippen LogP contribution in [0, 0.1) is 10.1 Å². The quantitative estimate of drug-likeness (QED) is 0.209. The lowest BCUT2D eigenvalue weighted by atomic mass is 10.2. The topological polar surface area (TPSA) is 60.2 Å². The molecule has 4 heteroatoms. The molecule has 0 atom stereocenters. The maximum atomic E-state index is 10.2. The van der Waals surface area contributed by atoms with Gasteiger partial charge in [-0.05, 0) is 6.92 Å². The van der Waals surface area contributed by atoms with Crippen LogP contribution in [0.2, 0.25) is 0 Å². The molecule has 0 amide bonds. The van der Waals surface area contributed by atoms with E-state index in [2.05, 4.69) is 6.58 Å². The van der Waals surface area contributed by atoms with Crippen molar-refractivity contribution in [2.24, 2.45) is 0 Å². The van der Waals surface area contributed by atoms with Crippen molar-refractivity contribution in [3.8, 4) is 0 Å². The lowest BCUT2D eigenvalue weighted by Crippen LogP contribution is -1.96. The van der Waals surface area contributed by atoms with Crippen molar-refractivity contribution in [3.05, 3.63) is 46.2 Å². The van der Waals surface area contributed by atoms with Gasteiger partial charge in [-0.1, -0.05) is 12.7 Å². The lowest BCUT2D eigenvalue weighted by molar-refractivity contribution is -0.419. The van der Waals surface area contributed by atoms with Gasteiger partial charge in [0.15, 0.2) is 0 Å². The Balaban J connectivity index is 4.81. The fraction of sp³-hybridized carbons (Fsp3) is 0.125. The van der Waals surface area contributed by atoms with Crippen LogP contribution in [0.3, 0.4) is 0 Å². The van der Waals surface area contributed by atoms with Crippen molar-refractivity contribution < 1.29 is 9.72 Å². The Hall–Kier alpha value is -1.71. The van der Waals surface area contributed by atoms with Gasteiger partial charge in [0.2, 0.25) is 0 Å². The number of hydrogen-bond acceptors (Lipinski definition) is 3. The van der Waals surface area contributed by atoms with Crippen molar-refractivity contribution in [2.45, 2.75) is 6.92 Å². The summed E-state index contributed by atoms with van der Waals surface area (Å²) in [5.74, 6) is 0. The average molecular weight is 167 g/mol. The number of allylic oxidation sites excluding steroid dienone is 4. The minimum atomic E-state index is -0.597. The van der Waals surface area contributed by atoms with E-state index in [1.54, 1.807) is 6.92 Å². The SMILES string of the molecule is C=C/C(=C\C(C=O)=C/C)[N+](=O)[O-]. The van der Waals surface area contributed by atoms with Crippen LogP contribution in [0.15, 0.2) is 36.1 Å². The predicted molar refractivity (Wildman–Crippen MR) is 45.1 cm³/mol. The molecule has 0 rings (SSSR count). The third-order valence-electron chi connectivity index (χ3n) is 1.20. The van der Waals surface area contributed by atoms with Gasteiger partial charge >= 0.3 is 0 Å². The largest absolute Gasteiger partial charge is 0.298 e. The Labute approximate surface area is 70.0 Å². The third-order valence-corrected chi connectivity index (χ3v) is 1.20. The van der Waals surface area contributed by atoms with E-state index in [0.717, 1.165) is 6.08 Å². The first-order chi connectivity index (χ1) is 5.65. The second-order valence-electron chi connectivity index (χ2n) is 1.94. The number of rotatable bonds is 4. The minimum absolute atomic E-state index is 0.185. The number of nitro groups is 1. The first-order valence-electron chi connectivity index (χ1n) is 3.25. The molecule has 0 spiro atoms. The van der Waals surface area contributed by atoms with E-state index in [1.807, 2.05) is 0 Å². The molecule has 0 saturated carbocycles. The first kappa shape index (κ1) is 10.3. The molecule has 0 fully saturated rings. The van der Waals surface area contributed by atoms with Gasteiger partial charge in [0.05, 0.1) is 4.92 Å². The summed E-state index contributed by atoms with van der Waals surface area (Å²) in [6, 6.07) is 0. The summed E-state index contributed by atoms with van der Waals surface area (Å²) in [6.07, 6.45) is 4.29. The molecule has 0 aromatic rings. The molecular formula is C8H9NO3. The van der Waals surface area contributed by atoms with Crippen LogP contribution in [0.5, 0.6) is 0 Å². The predicted octanol–water partition coefficient (Wildman–Crippen LogP) is 1.48. The van der Waals surface area contributed by atoms with E-state index in [-0.39, 0.29) is 11.3 Å². The number of carbonyl (C=O) groups excluding carboxylic acids is 1. The zero-order chi connectivity index (χ0) is 9.56. The summed E-state index contributed by atoms with van der Waals surface area (Å²) in [4.78, 5) is 19.9. The Kier molecular flexibility index (Phi) is 4.30. The van der Waals surface area contributed by atoms with Crippen molar-refractivity contribution >= 4 is 6.29 Å². The zero-order valence-electron chi connectivity index (χ0n) is 6.69. The molecule has 0 aliphatic rings. The summed E-state index contributed by atoms with van der Waals surface area (Å²) in [5.41, 5.74) is 0.0804. The van der Waals surface area contributed by atoms with Crippen LogP contribution >= 0.6 is 0 Å². The van der Waals surface area contributed by atoms with Gasteiger partial charge in [-0.15, -0.1) is 0 Å². The summed E-state index contributed by atoms with van der Waals surface area (Å²) >= 11 is 0. The van der Waals surface area contributed by atoms with Gasteiger partial charge in [-0.25, -0.2) is 0 Å². The van der Waals surface area contributed by atoms with Gasteiger partial charge in [-0.2, -0.15) is 0 Å². The van der Waals surface area contributed by atoms with Crippen LogP contribution in [0.25, 0.3) is 0 Å². The normalized spacial score (nSPS) is 12.4. The number of carbonyl (C=O) groups is 1. The fourth-order valence-corrected chi connectivity index (χ4v) is 0.542. The monoisotopic (exact) mass is 167 g/mol. The molecule has 0 aromatic heterocycles. The van der Waals surface area contributed by atoms with Crippen molar-refractivity contribution in [1.82, 2.24) is 0 Å². The van der Waals surface area contributed by atoms with Crippen molar-refractivity contribution in [3.63, 3.8) is 0 Å². The summed E-state index contributed by atoms with van der Waals surface area (Å²) in [6.45, 7) is 4.88. The van der Waals surface area contributed by atoms with Crippen LogP contribution in [-0.2, 0) is 4.79 Å². The zero-order valence-corrected chi connectivity index (χ0v) is 6.69. The summed E-state index contributed by atoms with van der Waals surface area (Å²) in [7, 11) is 0. The summed E-state index contributed by atoms with van der Waals surface area (Å²) in [5, 5.41) is 10.2. The molecule has 0 N–H and O–H groups in total. The third kappa shape index (κ3) is 2.92. The Morgan fingerprint density at radius 2 is 2.17 bits per heavy atom. The van der Waals surface area contributed by atoms with E-state index in [0.29, 0.717) is 6.29 Å². The molecule has 0 radical (unpaired) electrons. The van der Waals surface area contributed by atoms with Crippen LogP contribution in [-0.4, -0.2) is 11.2 Å². The second kappa shape index (κ2) is 5.01. The molecular weight excluding hydrogens is 158 g/mol. The van der Waals surface area contributed by atoms with E-state index in [4.69, 9.17) is 0 Å². The van der Waals surface area contributed by atoms with E-state index in [9.17, 15) is 14.9 Å². The van der Waals surface area contributed by atoms with Gasteiger partial charge in [0.1, 0.15) is 6.29 Å². The molecule has 0 bridgehead atoms. The smallest absolute Gasteiger partial charge is 0.269 e. The number of nitrogens with zero attached hydrogens (tertiary/aromatic N) is 1. The number of hydrogen-bond donors (Lipinski definition) is 0. The highest BCUT2D eigenvalue weighted by Gasteiger charge is 2.04. The van der Waals surface area contributed by atoms with Crippen LogP contribution < -0.4 is 0 Å². The second-order valence-corrected chi connectivity index (χ2v) is 1.94.